The molecule has 0 unspecified atom stereocenters. The molecule has 0 aliphatic carbocycles. The fourth-order valence-electron chi connectivity index (χ4n) is 1.68. The highest BCUT2D eigenvalue weighted by Gasteiger charge is 2.30. The van der Waals surface area contributed by atoms with Crippen LogP contribution in [0.4, 0.5) is 18.9 Å². The van der Waals surface area contributed by atoms with E-state index in [9.17, 15) is 13.2 Å². The topological polar surface area (TPSA) is 12.0 Å². The minimum Gasteiger partial charge on any atom is -0.380 e. The number of anilines is 1. The van der Waals surface area contributed by atoms with E-state index in [0.29, 0.717) is 17.3 Å². The van der Waals surface area contributed by atoms with Crippen LogP contribution in [0.5, 0.6) is 0 Å². The maximum absolute atomic E-state index is 12.5. The Balaban J connectivity index is 2.11. The molecule has 0 saturated carbocycles. The number of benzene rings is 2. The van der Waals surface area contributed by atoms with Gasteiger partial charge in [0.1, 0.15) is 0 Å². The first-order chi connectivity index (χ1) is 9.77. The van der Waals surface area contributed by atoms with Crippen molar-refractivity contribution >= 4 is 44.8 Å². The number of alkyl halides is 3. The van der Waals surface area contributed by atoms with Gasteiger partial charge in [-0.05, 0) is 51.8 Å². The highest BCUT2D eigenvalue weighted by atomic mass is 79.9. The number of nitrogens with one attached hydrogen (secondary N) is 1. The van der Waals surface area contributed by atoms with Crippen molar-refractivity contribution in [2.45, 2.75) is 12.7 Å². The van der Waals surface area contributed by atoms with Gasteiger partial charge in [0, 0.05) is 11.0 Å². The maximum atomic E-state index is 12.5. The van der Waals surface area contributed by atoms with Crippen molar-refractivity contribution in [3.05, 3.63) is 62.0 Å². The molecule has 0 spiro atoms. The number of rotatable bonds is 3. The number of halogens is 6. The average Bonchev–Trinajstić information content (AvgIpc) is 2.40. The summed E-state index contributed by atoms with van der Waals surface area (Å²) in [5, 5.41) is 3.61. The predicted molar refractivity (Wildman–Crippen MR) is 82.9 cm³/mol. The lowest BCUT2D eigenvalue weighted by molar-refractivity contribution is -0.137. The molecule has 0 fully saturated rings. The molecule has 2 aromatic carbocycles. The standard InChI is InChI=1S/C14H9BrCl2F3N/c15-10-5-8(1-3-11(10)16)7-21-13-4-2-9(6-12(13)17)14(18,19)20/h1-6,21H,7H2. The molecule has 1 N–H and O–H groups in total. The van der Waals surface area contributed by atoms with Crippen molar-refractivity contribution in [3.63, 3.8) is 0 Å². The summed E-state index contributed by atoms with van der Waals surface area (Å²) in [5.74, 6) is 0. The van der Waals surface area contributed by atoms with Crippen LogP contribution in [0.15, 0.2) is 40.9 Å². The second-order valence-corrected chi connectivity index (χ2v) is 5.96. The third-order valence-electron chi connectivity index (χ3n) is 2.76. The molecule has 0 radical (unpaired) electrons. The number of hydrogen-bond acceptors (Lipinski definition) is 1. The molecular formula is C14H9BrCl2F3N. The Morgan fingerprint density at radius 2 is 1.71 bits per heavy atom. The monoisotopic (exact) mass is 397 g/mol. The van der Waals surface area contributed by atoms with E-state index in [2.05, 4.69) is 21.2 Å². The molecular weight excluding hydrogens is 390 g/mol. The third kappa shape index (κ3) is 4.28. The number of hydrogen-bond donors (Lipinski definition) is 1. The predicted octanol–water partition coefficient (Wildman–Crippen LogP) is 6.39. The summed E-state index contributed by atoms with van der Waals surface area (Å²) in [7, 11) is 0. The van der Waals surface area contributed by atoms with Gasteiger partial charge >= 0.3 is 6.18 Å². The normalized spacial score (nSPS) is 11.5. The largest absolute Gasteiger partial charge is 0.416 e. The summed E-state index contributed by atoms with van der Waals surface area (Å²) >= 11 is 15.1. The van der Waals surface area contributed by atoms with Gasteiger partial charge in [-0.3, -0.25) is 0 Å². The van der Waals surface area contributed by atoms with Crippen LogP contribution >= 0.6 is 39.1 Å². The Morgan fingerprint density at radius 3 is 2.29 bits per heavy atom. The van der Waals surface area contributed by atoms with Crippen molar-refractivity contribution in [3.8, 4) is 0 Å². The zero-order valence-corrected chi connectivity index (χ0v) is 13.5. The molecule has 0 aromatic heterocycles. The second-order valence-electron chi connectivity index (χ2n) is 4.29. The van der Waals surface area contributed by atoms with Gasteiger partial charge < -0.3 is 5.32 Å². The molecule has 112 valence electrons. The Labute approximate surface area is 138 Å². The minimum atomic E-state index is -4.40. The first-order valence-corrected chi connectivity index (χ1v) is 7.37. The molecule has 2 aromatic rings. The van der Waals surface area contributed by atoms with Crippen LogP contribution in [0.1, 0.15) is 11.1 Å². The zero-order chi connectivity index (χ0) is 15.6. The first-order valence-electron chi connectivity index (χ1n) is 5.82. The Bertz CT molecular complexity index is 659. The van der Waals surface area contributed by atoms with Crippen LogP contribution in [-0.2, 0) is 12.7 Å². The molecule has 21 heavy (non-hydrogen) atoms. The van der Waals surface area contributed by atoms with Crippen molar-refractivity contribution in [1.82, 2.24) is 0 Å². The van der Waals surface area contributed by atoms with E-state index in [1.165, 1.54) is 6.07 Å². The van der Waals surface area contributed by atoms with Crippen LogP contribution < -0.4 is 5.32 Å². The van der Waals surface area contributed by atoms with E-state index < -0.39 is 11.7 Å². The van der Waals surface area contributed by atoms with Crippen molar-refractivity contribution in [2.75, 3.05) is 5.32 Å². The molecule has 1 nitrogen and oxygen atoms in total. The molecule has 0 aliphatic rings. The SMILES string of the molecule is FC(F)(F)c1ccc(NCc2ccc(Cl)c(Br)c2)c(Cl)c1. The van der Waals surface area contributed by atoms with Gasteiger partial charge in [-0.25, -0.2) is 0 Å². The van der Waals surface area contributed by atoms with E-state index in [-0.39, 0.29) is 5.02 Å². The van der Waals surface area contributed by atoms with Crippen LogP contribution in [0, 0.1) is 0 Å². The third-order valence-corrected chi connectivity index (χ3v) is 4.29. The van der Waals surface area contributed by atoms with Crippen LogP contribution in [0.3, 0.4) is 0 Å². The van der Waals surface area contributed by atoms with Gasteiger partial charge in [0.25, 0.3) is 0 Å². The molecule has 0 amide bonds. The highest BCUT2D eigenvalue weighted by Crippen LogP contribution is 2.34. The molecule has 2 rings (SSSR count). The molecule has 7 heteroatoms. The second kappa shape index (κ2) is 6.46. The molecule has 0 atom stereocenters. The lowest BCUT2D eigenvalue weighted by Crippen LogP contribution is -2.06. The van der Waals surface area contributed by atoms with Crippen molar-refractivity contribution in [2.24, 2.45) is 0 Å². The van der Waals surface area contributed by atoms with E-state index in [1.54, 1.807) is 6.07 Å². The summed E-state index contributed by atoms with van der Waals surface area (Å²) in [4.78, 5) is 0. The van der Waals surface area contributed by atoms with Gasteiger partial charge in [0.05, 0.1) is 21.3 Å². The van der Waals surface area contributed by atoms with Crippen LogP contribution in [0.25, 0.3) is 0 Å². The fourth-order valence-corrected chi connectivity index (χ4v) is 2.47. The Morgan fingerprint density at radius 1 is 1.00 bits per heavy atom. The summed E-state index contributed by atoms with van der Waals surface area (Å²) < 4.78 is 38.4. The van der Waals surface area contributed by atoms with Gasteiger partial charge in [-0.1, -0.05) is 29.3 Å². The Kier molecular flexibility index (Phi) is 5.07. The summed E-state index contributed by atoms with van der Waals surface area (Å²) in [6, 6.07) is 8.59. The molecule has 0 bridgehead atoms. The minimum absolute atomic E-state index is 0.0258. The molecule has 0 heterocycles. The van der Waals surface area contributed by atoms with Gasteiger partial charge in [0.15, 0.2) is 0 Å². The zero-order valence-electron chi connectivity index (χ0n) is 10.4. The van der Waals surface area contributed by atoms with Crippen LogP contribution in [-0.4, -0.2) is 0 Å². The summed E-state index contributed by atoms with van der Waals surface area (Å²) in [5.41, 5.74) is 0.588. The maximum Gasteiger partial charge on any atom is 0.416 e. The van der Waals surface area contributed by atoms with Gasteiger partial charge in [-0.2, -0.15) is 13.2 Å². The summed E-state index contributed by atoms with van der Waals surface area (Å²) in [6.45, 7) is 0.418. The lowest BCUT2D eigenvalue weighted by Gasteiger charge is -2.12. The summed E-state index contributed by atoms with van der Waals surface area (Å²) in [6.07, 6.45) is -4.40. The highest BCUT2D eigenvalue weighted by molar-refractivity contribution is 9.10. The first kappa shape index (κ1) is 16.5. The van der Waals surface area contributed by atoms with E-state index >= 15 is 0 Å². The van der Waals surface area contributed by atoms with E-state index in [1.807, 2.05) is 12.1 Å². The molecule has 0 saturated heterocycles. The van der Waals surface area contributed by atoms with Gasteiger partial charge in [-0.15, -0.1) is 0 Å². The average molecular weight is 399 g/mol. The Hall–Kier alpha value is -0.910. The van der Waals surface area contributed by atoms with E-state index in [4.69, 9.17) is 23.2 Å². The van der Waals surface area contributed by atoms with Crippen LogP contribution in [0.2, 0.25) is 10.0 Å². The van der Waals surface area contributed by atoms with Crippen molar-refractivity contribution in [1.29, 1.82) is 0 Å². The fraction of sp³-hybridized carbons (Fsp3) is 0.143. The smallest absolute Gasteiger partial charge is 0.380 e. The van der Waals surface area contributed by atoms with E-state index in [0.717, 1.165) is 22.2 Å². The molecule has 0 aliphatic heterocycles. The van der Waals surface area contributed by atoms with Gasteiger partial charge in [0.2, 0.25) is 0 Å². The quantitative estimate of drug-likeness (QED) is 0.631. The lowest BCUT2D eigenvalue weighted by atomic mass is 10.2. The van der Waals surface area contributed by atoms with Crippen molar-refractivity contribution < 1.29 is 13.2 Å².